The van der Waals surface area contributed by atoms with Gasteiger partial charge in [0.1, 0.15) is 13.1 Å². The monoisotopic (exact) mass is 204 g/mol. The Balaban J connectivity index is 4.10. The van der Waals surface area contributed by atoms with Gasteiger partial charge in [0.05, 0.1) is 19.8 Å². The van der Waals surface area contributed by atoms with Crippen molar-refractivity contribution in [2.45, 2.75) is 26.2 Å². The van der Waals surface area contributed by atoms with Crippen LogP contribution in [0.1, 0.15) is 26.2 Å². The summed E-state index contributed by atoms with van der Waals surface area (Å²) in [6.07, 6.45) is 4.01. The molecule has 0 aromatic carbocycles. The number of carbonyl (C=O) groups is 1. The molecule has 4 heteroatoms. The lowest BCUT2D eigenvalue weighted by molar-refractivity contribution is -0.847. The molecule has 0 saturated heterocycles. The summed E-state index contributed by atoms with van der Waals surface area (Å²) in [5.74, 6) is 0. The standard InChI is InChI=1S/C10H22NO3/c1-2-3-4-5-11(10-14,6-8-12)7-9-13/h10,12-13H,2-9H2,1H3/q+1. The Hall–Kier alpha value is -0.450. The smallest absolute Gasteiger partial charge is 0.301 e. The van der Waals surface area contributed by atoms with E-state index < -0.39 is 0 Å². The first kappa shape index (κ1) is 13.5. The Morgan fingerprint density at radius 3 is 2.00 bits per heavy atom. The highest BCUT2D eigenvalue weighted by molar-refractivity contribution is 5.37. The SMILES string of the molecule is CCCCC[N+](C=O)(CCO)CCO. The molecular formula is C10H22NO3+. The quantitative estimate of drug-likeness (QED) is 0.319. The molecule has 0 heterocycles. The van der Waals surface area contributed by atoms with E-state index in [9.17, 15) is 4.79 Å². The summed E-state index contributed by atoms with van der Waals surface area (Å²) in [6.45, 7) is 3.63. The van der Waals surface area contributed by atoms with Gasteiger partial charge in [0.2, 0.25) is 0 Å². The second kappa shape index (κ2) is 7.91. The van der Waals surface area contributed by atoms with Gasteiger partial charge >= 0.3 is 6.41 Å². The van der Waals surface area contributed by atoms with Gasteiger partial charge in [-0.1, -0.05) is 13.3 Å². The van der Waals surface area contributed by atoms with Crippen molar-refractivity contribution < 1.29 is 19.5 Å². The van der Waals surface area contributed by atoms with Crippen molar-refractivity contribution in [3.63, 3.8) is 0 Å². The summed E-state index contributed by atoms with van der Waals surface area (Å²) < 4.78 is 0.188. The van der Waals surface area contributed by atoms with Crippen LogP contribution in [-0.2, 0) is 4.79 Å². The lowest BCUT2D eigenvalue weighted by Gasteiger charge is -2.30. The van der Waals surface area contributed by atoms with Gasteiger partial charge in [0, 0.05) is 0 Å². The van der Waals surface area contributed by atoms with Crippen LogP contribution in [0.2, 0.25) is 0 Å². The Bertz CT molecular complexity index is 144. The van der Waals surface area contributed by atoms with Crippen LogP contribution >= 0.6 is 0 Å². The zero-order valence-electron chi connectivity index (χ0n) is 8.98. The summed E-state index contributed by atoms with van der Waals surface area (Å²) in [4.78, 5) is 11.0. The number of nitrogens with zero attached hydrogens (tertiary/aromatic N) is 1. The van der Waals surface area contributed by atoms with Gasteiger partial charge in [-0.3, -0.25) is 4.48 Å². The summed E-state index contributed by atoms with van der Waals surface area (Å²) in [7, 11) is 0. The number of aliphatic hydroxyl groups is 2. The minimum atomic E-state index is -0.00906. The molecule has 0 aliphatic heterocycles. The third-order valence-electron chi connectivity index (χ3n) is 2.52. The highest BCUT2D eigenvalue weighted by Gasteiger charge is 2.25. The van der Waals surface area contributed by atoms with E-state index in [1.807, 2.05) is 0 Å². The zero-order chi connectivity index (χ0) is 10.9. The molecule has 4 nitrogen and oxygen atoms in total. The molecular weight excluding hydrogens is 182 g/mol. The molecule has 0 rings (SSSR count). The van der Waals surface area contributed by atoms with Crippen LogP contribution in [0.15, 0.2) is 0 Å². The highest BCUT2D eigenvalue weighted by atomic mass is 16.3. The molecule has 14 heavy (non-hydrogen) atoms. The molecule has 0 aromatic rings. The van der Waals surface area contributed by atoms with Crippen LogP contribution in [0.4, 0.5) is 0 Å². The Labute approximate surface area is 85.7 Å². The lowest BCUT2D eigenvalue weighted by atomic mass is 10.2. The Kier molecular flexibility index (Phi) is 7.65. The molecule has 0 fully saturated rings. The van der Waals surface area contributed by atoms with Crippen molar-refractivity contribution in [3.05, 3.63) is 0 Å². The van der Waals surface area contributed by atoms with Gasteiger partial charge in [-0.05, 0) is 12.8 Å². The maximum atomic E-state index is 11.0. The number of quaternary nitrogens is 1. The van der Waals surface area contributed by atoms with Gasteiger partial charge in [-0.25, -0.2) is 4.79 Å². The zero-order valence-corrected chi connectivity index (χ0v) is 8.98. The van der Waals surface area contributed by atoms with Crippen LogP contribution in [0.3, 0.4) is 0 Å². The predicted molar refractivity (Wildman–Crippen MR) is 54.6 cm³/mol. The minimum Gasteiger partial charge on any atom is -0.390 e. The van der Waals surface area contributed by atoms with Crippen LogP contribution in [0, 0.1) is 0 Å². The molecule has 0 aromatic heterocycles. The number of amides is 1. The van der Waals surface area contributed by atoms with Crippen LogP contribution in [-0.4, -0.2) is 54.0 Å². The van der Waals surface area contributed by atoms with Gasteiger partial charge in [0.15, 0.2) is 0 Å². The van der Waals surface area contributed by atoms with Crippen molar-refractivity contribution in [1.82, 2.24) is 0 Å². The first-order chi connectivity index (χ1) is 6.74. The molecule has 0 aliphatic carbocycles. The van der Waals surface area contributed by atoms with Gasteiger partial charge in [-0.15, -0.1) is 0 Å². The highest BCUT2D eigenvalue weighted by Crippen LogP contribution is 2.06. The van der Waals surface area contributed by atoms with E-state index in [1.165, 1.54) is 0 Å². The molecule has 1 amide bonds. The van der Waals surface area contributed by atoms with E-state index >= 15 is 0 Å². The fourth-order valence-corrected chi connectivity index (χ4v) is 1.57. The second-order valence-electron chi connectivity index (χ2n) is 3.65. The minimum absolute atomic E-state index is 0.00906. The number of hydrogen-bond acceptors (Lipinski definition) is 3. The summed E-state index contributed by atoms with van der Waals surface area (Å²) >= 11 is 0. The molecule has 0 atom stereocenters. The molecule has 2 N–H and O–H groups in total. The third-order valence-corrected chi connectivity index (χ3v) is 2.52. The van der Waals surface area contributed by atoms with Gasteiger partial charge in [0.25, 0.3) is 0 Å². The predicted octanol–water partition coefficient (Wildman–Crippen LogP) is 0.134. The van der Waals surface area contributed by atoms with Crippen molar-refractivity contribution in [1.29, 1.82) is 0 Å². The first-order valence-electron chi connectivity index (χ1n) is 5.28. The molecule has 0 bridgehead atoms. The van der Waals surface area contributed by atoms with Crippen LogP contribution in [0.5, 0.6) is 0 Å². The average molecular weight is 204 g/mol. The number of rotatable bonds is 9. The van der Waals surface area contributed by atoms with E-state index in [2.05, 4.69) is 6.92 Å². The van der Waals surface area contributed by atoms with Gasteiger partial charge < -0.3 is 10.2 Å². The fourth-order valence-electron chi connectivity index (χ4n) is 1.57. The summed E-state index contributed by atoms with van der Waals surface area (Å²) in [5.41, 5.74) is 0. The molecule has 0 spiro atoms. The second-order valence-corrected chi connectivity index (χ2v) is 3.65. The topological polar surface area (TPSA) is 57.5 Å². The fraction of sp³-hybridized carbons (Fsp3) is 0.900. The Morgan fingerprint density at radius 2 is 1.64 bits per heavy atom. The van der Waals surface area contributed by atoms with E-state index in [0.717, 1.165) is 32.2 Å². The molecule has 84 valence electrons. The average Bonchev–Trinajstić information content (AvgIpc) is 2.19. The van der Waals surface area contributed by atoms with E-state index in [-0.39, 0.29) is 17.7 Å². The summed E-state index contributed by atoms with van der Waals surface area (Å²) in [6, 6.07) is 0. The van der Waals surface area contributed by atoms with E-state index in [4.69, 9.17) is 10.2 Å². The van der Waals surface area contributed by atoms with Crippen molar-refractivity contribution >= 4 is 6.41 Å². The Morgan fingerprint density at radius 1 is 1.07 bits per heavy atom. The maximum Gasteiger partial charge on any atom is 0.301 e. The molecule has 0 unspecified atom stereocenters. The molecule has 0 aliphatic rings. The van der Waals surface area contributed by atoms with Crippen molar-refractivity contribution in [2.75, 3.05) is 32.8 Å². The maximum absolute atomic E-state index is 11.0. The molecule has 0 radical (unpaired) electrons. The van der Waals surface area contributed by atoms with Gasteiger partial charge in [-0.2, -0.15) is 0 Å². The molecule has 0 saturated carbocycles. The third kappa shape index (κ3) is 4.69. The number of unbranched alkanes of at least 4 members (excludes halogenated alkanes) is 2. The number of carbonyl (C=O) groups excluding carboxylic acids is 1. The number of hydrogen-bond donors (Lipinski definition) is 2. The van der Waals surface area contributed by atoms with Crippen LogP contribution < -0.4 is 0 Å². The summed E-state index contributed by atoms with van der Waals surface area (Å²) in [5, 5.41) is 17.7. The first-order valence-corrected chi connectivity index (χ1v) is 5.28. The van der Waals surface area contributed by atoms with E-state index in [1.54, 1.807) is 0 Å². The van der Waals surface area contributed by atoms with Crippen molar-refractivity contribution in [2.24, 2.45) is 0 Å². The number of aliphatic hydroxyl groups excluding tert-OH is 2. The van der Waals surface area contributed by atoms with E-state index in [0.29, 0.717) is 13.1 Å². The lowest BCUT2D eigenvalue weighted by Crippen LogP contribution is -2.51. The van der Waals surface area contributed by atoms with Crippen molar-refractivity contribution in [3.8, 4) is 0 Å². The normalized spacial score (nSPS) is 11.6. The van der Waals surface area contributed by atoms with Crippen LogP contribution in [0.25, 0.3) is 0 Å². The largest absolute Gasteiger partial charge is 0.390 e.